The summed E-state index contributed by atoms with van der Waals surface area (Å²) in [5.41, 5.74) is 3.94. The van der Waals surface area contributed by atoms with Gasteiger partial charge in [0.05, 0.1) is 18.9 Å². The van der Waals surface area contributed by atoms with E-state index in [2.05, 4.69) is 32.3 Å². The van der Waals surface area contributed by atoms with Crippen LogP contribution in [0.25, 0.3) is 11.3 Å². The summed E-state index contributed by atoms with van der Waals surface area (Å²) < 4.78 is 5.40. The molecule has 2 aromatic carbocycles. The van der Waals surface area contributed by atoms with Crippen molar-refractivity contribution in [1.82, 2.24) is 9.97 Å². The highest BCUT2D eigenvalue weighted by atomic mass is 35.5. The van der Waals surface area contributed by atoms with Gasteiger partial charge in [0.25, 0.3) is 0 Å². The van der Waals surface area contributed by atoms with Gasteiger partial charge < -0.3 is 15.0 Å². The van der Waals surface area contributed by atoms with E-state index >= 15 is 0 Å². The van der Waals surface area contributed by atoms with Crippen molar-refractivity contribution in [2.24, 2.45) is 0 Å². The Hall–Kier alpha value is -2.63. The summed E-state index contributed by atoms with van der Waals surface area (Å²) in [5, 5.41) is 3.95. The summed E-state index contributed by atoms with van der Waals surface area (Å²) in [6.07, 6.45) is 1.74. The fraction of sp³-hybridized carbons (Fsp3) is 0.200. The standard InChI is InChI=1S/C20H19ClN4O/c21-16-3-1-2-15(14-16)19-8-9-22-20(24-19)23-17-4-6-18(7-5-17)25-10-12-26-13-11-25/h1-9,14H,10-13H2,(H,22,23,24). The molecule has 0 atom stereocenters. The van der Waals surface area contributed by atoms with E-state index in [-0.39, 0.29) is 0 Å². The molecule has 1 saturated heterocycles. The SMILES string of the molecule is Clc1cccc(-c2ccnc(Nc3ccc(N4CCOCC4)cc3)n2)c1. The molecule has 0 saturated carbocycles. The average Bonchev–Trinajstić information content (AvgIpc) is 2.69. The smallest absolute Gasteiger partial charge is 0.227 e. The Bertz CT molecular complexity index is 879. The van der Waals surface area contributed by atoms with E-state index in [4.69, 9.17) is 16.3 Å². The fourth-order valence-electron chi connectivity index (χ4n) is 2.93. The maximum atomic E-state index is 6.07. The van der Waals surface area contributed by atoms with Crippen molar-refractivity contribution in [1.29, 1.82) is 0 Å². The lowest BCUT2D eigenvalue weighted by Gasteiger charge is -2.28. The van der Waals surface area contributed by atoms with Crippen LogP contribution >= 0.6 is 11.6 Å². The van der Waals surface area contributed by atoms with Crippen LogP contribution in [0.4, 0.5) is 17.3 Å². The lowest BCUT2D eigenvalue weighted by molar-refractivity contribution is 0.122. The fourth-order valence-corrected chi connectivity index (χ4v) is 3.12. The quantitative estimate of drug-likeness (QED) is 0.742. The zero-order chi connectivity index (χ0) is 17.8. The summed E-state index contributed by atoms with van der Waals surface area (Å²) in [6.45, 7) is 3.42. The monoisotopic (exact) mass is 366 g/mol. The number of hydrogen-bond donors (Lipinski definition) is 1. The Morgan fingerprint density at radius 3 is 2.58 bits per heavy atom. The number of anilines is 3. The molecule has 1 N–H and O–H groups in total. The Kier molecular flexibility index (Phi) is 5.00. The van der Waals surface area contributed by atoms with Gasteiger partial charge in [-0.05, 0) is 42.5 Å². The highest BCUT2D eigenvalue weighted by molar-refractivity contribution is 6.30. The first-order valence-corrected chi connectivity index (χ1v) is 8.94. The Morgan fingerprint density at radius 1 is 1.00 bits per heavy atom. The molecule has 0 aliphatic carbocycles. The van der Waals surface area contributed by atoms with Crippen LogP contribution in [0.1, 0.15) is 0 Å². The van der Waals surface area contributed by atoms with E-state index < -0.39 is 0 Å². The Labute approximate surface area is 157 Å². The van der Waals surface area contributed by atoms with Gasteiger partial charge >= 0.3 is 0 Å². The second-order valence-electron chi connectivity index (χ2n) is 6.05. The molecule has 1 aliphatic heterocycles. The predicted octanol–water partition coefficient (Wildman–Crippen LogP) is 4.38. The van der Waals surface area contributed by atoms with Gasteiger partial charge in [-0.2, -0.15) is 0 Å². The normalized spacial score (nSPS) is 14.3. The van der Waals surface area contributed by atoms with E-state index in [1.807, 2.05) is 42.5 Å². The molecule has 5 nitrogen and oxygen atoms in total. The average molecular weight is 367 g/mol. The highest BCUT2D eigenvalue weighted by Crippen LogP contribution is 2.24. The zero-order valence-electron chi connectivity index (χ0n) is 14.2. The molecule has 1 aromatic heterocycles. The van der Waals surface area contributed by atoms with Gasteiger partial charge in [0, 0.05) is 41.2 Å². The van der Waals surface area contributed by atoms with E-state index in [1.165, 1.54) is 5.69 Å². The molecule has 4 rings (SSSR count). The van der Waals surface area contributed by atoms with Crippen LogP contribution in [-0.2, 0) is 4.74 Å². The highest BCUT2D eigenvalue weighted by Gasteiger charge is 2.11. The molecule has 0 amide bonds. The van der Waals surface area contributed by atoms with Crippen molar-refractivity contribution in [2.45, 2.75) is 0 Å². The van der Waals surface area contributed by atoms with Crippen LogP contribution in [0.5, 0.6) is 0 Å². The van der Waals surface area contributed by atoms with Gasteiger partial charge in [-0.3, -0.25) is 0 Å². The second-order valence-corrected chi connectivity index (χ2v) is 6.48. The van der Waals surface area contributed by atoms with Gasteiger partial charge in [-0.25, -0.2) is 9.97 Å². The van der Waals surface area contributed by atoms with Crippen LogP contribution in [0.3, 0.4) is 0 Å². The second kappa shape index (κ2) is 7.72. The van der Waals surface area contributed by atoms with Gasteiger partial charge in [0.15, 0.2) is 0 Å². The number of benzene rings is 2. The third-order valence-corrected chi connectivity index (χ3v) is 4.51. The molecule has 0 radical (unpaired) electrons. The number of nitrogens with one attached hydrogen (secondary N) is 1. The molecule has 132 valence electrons. The van der Waals surface area contributed by atoms with E-state index in [0.717, 1.165) is 43.2 Å². The van der Waals surface area contributed by atoms with Crippen molar-refractivity contribution in [3.05, 3.63) is 65.8 Å². The van der Waals surface area contributed by atoms with Crippen molar-refractivity contribution in [3.8, 4) is 11.3 Å². The minimum Gasteiger partial charge on any atom is -0.378 e. The predicted molar refractivity (Wildman–Crippen MR) is 105 cm³/mol. The van der Waals surface area contributed by atoms with Crippen molar-refractivity contribution >= 4 is 28.9 Å². The summed E-state index contributed by atoms with van der Waals surface area (Å²) in [7, 11) is 0. The maximum absolute atomic E-state index is 6.07. The van der Waals surface area contributed by atoms with Crippen molar-refractivity contribution < 1.29 is 4.74 Å². The lowest BCUT2D eigenvalue weighted by Crippen LogP contribution is -2.36. The first kappa shape index (κ1) is 16.8. The minimum atomic E-state index is 0.557. The third-order valence-electron chi connectivity index (χ3n) is 4.28. The largest absolute Gasteiger partial charge is 0.378 e. The number of halogens is 1. The van der Waals surface area contributed by atoms with Crippen LogP contribution < -0.4 is 10.2 Å². The molecule has 3 aromatic rings. The first-order chi connectivity index (χ1) is 12.8. The molecule has 1 aliphatic rings. The van der Waals surface area contributed by atoms with E-state index in [9.17, 15) is 0 Å². The number of morpholine rings is 1. The summed E-state index contributed by atoms with van der Waals surface area (Å²) >= 11 is 6.07. The van der Waals surface area contributed by atoms with Crippen molar-refractivity contribution in [3.63, 3.8) is 0 Å². The maximum Gasteiger partial charge on any atom is 0.227 e. The molecule has 26 heavy (non-hydrogen) atoms. The van der Waals surface area contributed by atoms with E-state index in [1.54, 1.807) is 6.20 Å². The molecule has 1 fully saturated rings. The lowest BCUT2D eigenvalue weighted by atomic mass is 10.1. The molecule has 2 heterocycles. The Balaban J connectivity index is 1.49. The molecule has 0 bridgehead atoms. The third kappa shape index (κ3) is 3.95. The molecular formula is C20H19ClN4O. The zero-order valence-corrected chi connectivity index (χ0v) is 15.0. The topological polar surface area (TPSA) is 50.3 Å². The molecule has 0 spiro atoms. The molecular weight excluding hydrogens is 348 g/mol. The summed E-state index contributed by atoms with van der Waals surface area (Å²) in [4.78, 5) is 11.2. The summed E-state index contributed by atoms with van der Waals surface area (Å²) in [6, 6.07) is 17.8. The van der Waals surface area contributed by atoms with Gasteiger partial charge in [-0.1, -0.05) is 23.7 Å². The minimum absolute atomic E-state index is 0.557. The first-order valence-electron chi connectivity index (χ1n) is 8.57. The number of rotatable bonds is 4. The number of nitrogens with zero attached hydrogens (tertiary/aromatic N) is 3. The van der Waals surface area contributed by atoms with Gasteiger partial charge in [0.2, 0.25) is 5.95 Å². The van der Waals surface area contributed by atoms with Crippen LogP contribution in [-0.4, -0.2) is 36.3 Å². The molecule has 6 heteroatoms. The summed E-state index contributed by atoms with van der Waals surface area (Å²) in [5.74, 6) is 0.557. The van der Waals surface area contributed by atoms with Crippen LogP contribution in [0.15, 0.2) is 60.8 Å². The number of hydrogen-bond acceptors (Lipinski definition) is 5. The number of ether oxygens (including phenoxy) is 1. The number of aromatic nitrogens is 2. The van der Waals surface area contributed by atoms with Crippen molar-refractivity contribution in [2.75, 3.05) is 36.5 Å². The van der Waals surface area contributed by atoms with Crippen LogP contribution in [0.2, 0.25) is 5.02 Å². The van der Waals surface area contributed by atoms with E-state index in [0.29, 0.717) is 11.0 Å². The van der Waals surface area contributed by atoms with Gasteiger partial charge in [-0.15, -0.1) is 0 Å². The van der Waals surface area contributed by atoms with Crippen LogP contribution in [0, 0.1) is 0 Å². The molecule has 0 unspecified atom stereocenters. The Morgan fingerprint density at radius 2 is 1.81 bits per heavy atom. The van der Waals surface area contributed by atoms with Gasteiger partial charge in [0.1, 0.15) is 0 Å².